The van der Waals surface area contributed by atoms with Crippen molar-refractivity contribution in [2.24, 2.45) is 21.4 Å². The van der Waals surface area contributed by atoms with Crippen molar-refractivity contribution in [1.82, 2.24) is 12.3 Å². The Morgan fingerprint density at radius 3 is 0.562 bits per heavy atom. The summed E-state index contributed by atoms with van der Waals surface area (Å²) in [5.41, 5.74) is 0. The maximum absolute atomic E-state index is 8.00. The SMILES string of the molecule is N.N.O=N[O-].O=N[O-].O=N[O-].O=N[O-].[Co+3].[Cs+]. The third-order valence-electron chi connectivity index (χ3n) is 0. The van der Waals surface area contributed by atoms with Crippen LogP contribution in [0.25, 0.3) is 0 Å². The zero-order valence-corrected chi connectivity index (χ0v) is 15.1. The normalized spacial score (nSPS) is 3.00. The van der Waals surface area contributed by atoms with Crippen molar-refractivity contribution >= 4 is 0 Å². The van der Waals surface area contributed by atoms with Crippen molar-refractivity contribution in [1.29, 1.82) is 0 Å². The molecular formula is H6CoCsN6O8. The van der Waals surface area contributed by atoms with E-state index in [4.69, 9.17) is 40.5 Å². The fourth-order valence-electron chi connectivity index (χ4n) is 0. The Labute approximate surface area is 157 Å². The Morgan fingerprint density at radius 2 is 0.562 bits per heavy atom. The van der Waals surface area contributed by atoms with Crippen LogP contribution in [0.1, 0.15) is 0 Å². The molecule has 0 aliphatic rings. The van der Waals surface area contributed by atoms with E-state index in [9.17, 15) is 0 Å². The second-order valence-electron chi connectivity index (χ2n) is 0.298. The molecule has 94 valence electrons. The third-order valence-corrected chi connectivity index (χ3v) is 0. The zero-order chi connectivity index (χ0) is 10.8. The smallest absolute Gasteiger partial charge is 0.444 e. The number of rotatable bonds is 0. The molecule has 0 heterocycles. The van der Waals surface area contributed by atoms with Crippen LogP contribution in [0.15, 0.2) is 21.4 Å². The van der Waals surface area contributed by atoms with Crippen LogP contribution in [-0.2, 0) is 16.8 Å². The van der Waals surface area contributed by atoms with Crippen molar-refractivity contribution in [2.45, 2.75) is 0 Å². The molecule has 0 rings (SSSR count). The minimum absolute atomic E-state index is 0. The molecule has 16 heavy (non-hydrogen) atoms. The molecule has 0 aliphatic carbocycles. The molecule has 0 saturated carbocycles. The first-order chi connectivity index (χ1) is 5.66. The first kappa shape index (κ1) is 56.0. The van der Waals surface area contributed by atoms with Crippen LogP contribution < -0.4 is 81.2 Å². The molecule has 0 bridgehead atoms. The van der Waals surface area contributed by atoms with Gasteiger partial charge in [0.05, 0.1) is 0 Å². The Morgan fingerprint density at radius 1 is 0.562 bits per heavy atom. The van der Waals surface area contributed by atoms with Gasteiger partial charge < -0.3 is 52.8 Å². The molecule has 0 saturated heterocycles. The Hall–Kier alpha value is 0.0784. The van der Waals surface area contributed by atoms with E-state index in [1.165, 1.54) is 0 Å². The van der Waals surface area contributed by atoms with Crippen molar-refractivity contribution in [2.75, 3.05) is 0 Å². The molecular weight excluding hydrogens is 404 g/mol. The van der Waals surface area contributed by atoms with E-state index in [0.717, 1.165) is 21.4 Å². The minimum Gasteiger partial charge on any atom is -0.444 e. The maximum atomic E-state index is 8.00. The molecule has 0 aliphatic heterocycles. The van der Waals surface area contributed by atoms with Gasteiger partial charge in [-0.25, -0.2) is 0 Å². The molecule has 0 spiro atoms. The second kappa shape index (κ2) is 180. The van der Waals surface area contributed by atoms with Gasteiger partial charge in [0.25, 0.3) is 0 Å². The number of nitrogens with zero attached hydrogens (tertiary/aromatic N) is 4. The molecule has 0 radical (unpaired) electrons. The average Bonchev–Trinajstić information content (AvgIpc) is 1.92. The summed E-state index contributed by atoms with van der Waals surface area (Å²) >= 11 is 0. The van der Waals surface area contributed by atoms with E-state index in [-0.39, 0.29) is 98.0 Å². The number of hydrogen-bond acceptors (Lipinski definition) is 14. The van der Waals surface area contributed by atoms with Crippen LogP contribution in [-0.4, -0.2) is 0 Å². The minimum atomic E-state index is 0. The van der Waals surface area contributed by atoms with Crippen molar-refractivity contribution in [3.8, 4) is 0 Å². The van der Waals surface area contributed by atoms with Gasteiger partial charge in [-0.1, -0.05) is 0 Å². The molecule has 0 fully saturated rings. The van der Waals surface area contributed by atoms with Gasteiger partial charge in [-0.3, -0.25) is 0 Å². The molecule has 16 heteroatoms. The molecule has 14 nitrogen and oxygen atoms in total. The zero-order valence-electron chi connectivity index (χ0n) is 7.80. The van der Waals surface area contributed by atoms with E-state index >= 15 is 0 Å². The Kier molecular flexibility index (Phi) is 629. The summed E-state index contributed by atoms with van der Waals surface area (Å²) in [5, 5.41) is 36.0. The van der Waals surface area contributed by atoms with Gasteiger partial charge in [0.1, 0.15) is 0 Å². The Bertz CT molecular complexity index is 78.5. The molecule has 0 aromatic rings. The van der Waals surface area contributed by atoms with Gasteiger partial charge in [0, 0.05) is 0 Å². The van der Waals surface area contributed by atoms with Crippen LogP contribution in [0.4, 0.5) is 0 Å². The van der Waals surface area contributed by atoms with E-state index in [1.807, 2.05) is 0 Å². The second-order valence-corrected chi connectivity index (χ2v) is 0.298. The number of hydrogen-bond donors (Lipinski definition) is 2. The standard InChI is InChI=1S/Co.Cs.4HNO2.2H3N/c;;4*2-1-3;;/h;;4*(H,2,3);2*1H3/q+3;+1;;;;;;/p-4. The quantitative estimate of drug-likeness (QED) is 0.338. The van der Waals surface area contributed by atoms with E-state index < -0.39 is 0 Å². The van der Waals surface area contributed by atoms with Crippen LogP contribution in [0.5, 0.6) is 0 Å². The summed E-state index contributed by atoms with van der Waals surface area (Å²) in [6.07, 6.45) is 0. The maximum Gasteiger partial charge on any atom is 3.00 e. The van der Waals surface area contributed by atoms with Crippen LogP contribution in [0.3, 0.4) is 0 Å². The molecule has 0 unspecified atom stereocenters. The van der Waals surface area contributed by atoms with Gasteiger partial charge in [-0.2, -0.15) is 0 Å². The van der Waals surface area contributed by atoms with Crippen molar-refractivity contribution in [3.63, 3.8) is 0 Å². The van der Waals surface area contributed by atoms with Gasteiger partial charge in [-0.05, 0) is 0 Å². The predicted molar refractivity (Wildman–Crippen MR) is 46.7 cm³/mol. The van der Waals surface area contributed by atoms with Crippen LogP contribution in [0, 0.1) is 40.5 Å². The summed E-state index contributed by atoms with van der Waals surface area (Å²) in [5.74, 6) is 0. The molecule has 0 amide bonds. The molecule has 0 atom stereocenters. The monoisotopic (exact) mass is 410 g/mol. The van der Waals surface area contributed by atoms with Gasteiger partial charge in [-0.15, -0.1) is 21.4 Å². The van der Waals surface area contributed by atoms with Crippen LogP contribution >= 0.6 is 0 Å². The summed E-state index contributed by atoms with van der Waals surface area (Å²) in [6, 6.07) is 0. The Balaban J connectivity index is -0.00000000821. The van der Waals surface area contributed by atoms with E-state index in [1.54, 1.807) is 0 Å². The van der Waals surface area contributed by atoms with Crippen LogP contribution in [0.2, 0.25) is 0 Å². The van der Waals surface area contributed by atoms with Gasteiger partial charge >= 0.3 is 85.7 Å². The van der Waals surface area contributed by atoms with Crippen molar-refractivity contribution in [3.05, 3.63) is 40.5 Å². The molecule has 0 aromatic carbocycles. The third kappa shape index (κ3) is 391000. The van der Waals surface area contributed by atoms with E-state index in [0.29, 0.717) is 0 Å². The first-order valence-electron chi connectivity index (χ1n) is 1.46. The first-order valence-corrected chi connectivity index (χ1v) is 1.46. The predicted octanol–water partition coefficient (Wildman–Crippen LogP) is -1.67. The summed E-state index contributed by atoms with van der Waals surface area (Å²) in [4.78, 5) is 32.0. The van der Waals surface area contributed by atoms with Crippen molar-refractivity contribution < 1.29 is 85.7 Å². The largest absolute Gasteiger partial charge is 3.00 e. The topological polar surface area (TPSA) is 280 Å². The molecule has 6 N–H and O–H groups in total. The summed E-state index contributed by atoms with van der Waals surface area (Å²) < 4.78 is 0. The van der Waals surface area contributed by atoms with E-state index in [2.05, 4.69) is 0 Å². The fraction of sp³-hybridized carbons (Fsp3) is 0. The molecule has 0 aromatic heterocycles. The fourth-order valence-corrected chi connectivity index (χ4v) is 0. The average molecular weight is 410 g/mol. The van der Waals surface area contributed by atoms with Gasteiger partial charge in [0.2, 0.25) is 0 Å². The summed E-state index contributed by atoms with van der Waals surface area (Å²) in [6.45, 7) is 0. The van der Waals surface area contributed by atoms with Gasteiger partial charge in [0.15, 0.2) is 0 Å². The summed E-state index contributed by atoms with van der Waals surface area (Å²) in [7, 11) is 0.